The van der Waals surface area contributed by atoms with E-state index in [2.05, 4.69) is 23.8 Å². The molecule has 2 heterocycles. The molecule has 0 bridgehead atoms. The Morgan fingerprint density at radius 3 is 2.62 bits per heavy atom. The van der Waals surface area contributed by atoms with E-state index in [1.54, 1.807) is 0 Å². The maximum atomic E-state index is 12.7. The van der Waals surface area contributed by atoms with E-state index in [9.17, 15) is 14.4 Å². The van der Waals surface area contributed by atoms with Crippen molar-refractivity contribution in [2.45, 2.75) is 13.3 Å². The Kier molecular flexibility index (Phi) is 6.13. The molecule has 3 amide bonds. The largest absolute Gasteiger partial charge is 0.494 e. The van der Waals surface area contributed by atoms with Gasteiger partial charge in [-0.15, -0.1) is 17.9 Å². The minimum Gasteiger partial charge on any atom is -0.494 e. The number of rotatable bonds is 8. The number of nitrogens with zero attached hydrogens (tertiary/aromatic N) is 2. The first-order chi connectivity index (χ1) is 15.5. The Bertz CT molecular complexity index is 1200. The van der Waals surface area contributed by atoms with Crippen molar-refractivity contribution in [2.24, 2.45) is 0 Å². The van der Waals surface area contributed by atoms with Crippen molar-refractivity contribution in [1.82, 2.24) is 9.88 Å². The molecule has 162 valence electrons. The van der Waals surface area contributed by atoms with Crippen molar-refractivity contribution in [2.75, 3.05) is 18.5 Å². The lowest BCUT2D eigenvalue weighted by Crippen LogP contribution is -2.29. The van der Waals surface area contributed by atoms with E-state index in [0.29, 0.717) is 11.7 Å². The van der Waals surface area contributed by atoms with Crippen LogP contribution in [0, 0.1) is 0 Å². The summed E-state index contributed by atoms with van der Waals surface area (Å²) in [5.41, 5.74) is 2.43. The summed E-state index contributed by atoms with van der Waals surface area (Å²) >= 11 is 1.30. The van der Waals surface area contributed by atoms with Crippen molar-refractivity contribution in [3.05, 3.63) is 77.2 Å². The molecule has 1 aromatic heterocycles. The molecule has 0 radical (unpaired) electrons. The molecule has 0 unspecified atom stereocenters. The van der Waals surface area contributed by atoms with Gasteiger partial charge in [-0.1, -0.05) is 13.0 Å². The molecule has 8 heteroatoms. The topological polar surface area (TPSA) is 88.6 Å². The quantitative estimate of drug-likeness (QED) is 0.402. The zero-order valence-electron chi connectivity index (χ0n) is 17.5. The number of anilines is 1. The van der Waals surface area contributed by atoms with Crippen LogP contribution in [0.15, 0.2) is 60.5 Å². The summed E-state index contributed by atoms with van der Waals surface area (Å²) < 4.78 is 5.59. The summed E-state index contributed by atoms with van der Waals surface area (Å²) in [6.45, 7) is 6.41. The maximum absolute atomic E-state index is 12.7. The maximum Gasteiger partial charge on any atom is 0.261 e. The van der Waals surface area contributed by atoms with Crippen molar-refractivity contribution < 1.29 is 19.1 Å². The average molecular weight is 448 g/mol. The van der Waals surface area contributed by atoms with Gasteiger partial charge in [0.15, 0.2) is 5.13 Å². The van der Waals surface area contributed by atoms with E-state index in [1.165, 1.54) is 35.6 Å². The number of ether oxygens (including phenoxy) is 1. The molecule has 0 aliphatic carbocycles. The molecule has 3 aromatic rings. The molecule has 0 fully saturated rings. The monoisotopic (exact) mass is 447 g/mol. The fraction of sp³-hybridized carbons (Fsp3) is 0.167. The van der Waals surface area contributed by atoms with Crippen molar-refractivity contribution >= 4 is 34.2 Å². The number of fused-ring (bicyclic) bond motifs is 1. The second-order valence-electron chi connectivity index (χ2n) is 7.13. The second kappa shape index (κ2) is 9.15. The van der Waals surface area contributed by atoms with Gasteiger partial charge in [0.2, 0.25) is 0 Å². The van der Waals surface area contributed by atoms with Crippen LogP contribution in [0.25, 0.3) is 11.3 Å². The Balaban J connectivity index is 1.47. The van der Waals surface area contributed by atoms with Crippen molar-refractivity contribution in [3.8, 4) is 17.0 Å². The second-order valence-corrected chi connectivity index (χ2v) is 7.99. The lowest BCUT2D eigenvalue weighted by atomic mass is 10.1. The van der Waals surface area contributed by atoms with Gasteiger partial charge < -0.3 is 4.74 Å². The van der Waals surface area contributed by atoms with Crippen LogP contribution in [0.4, 0.5) is 5.13 Å². The van der Waals surface area contributed by atoms with E-state index >= 15 is 0 Å². The van der Waals surface area contributed by atoms with Crippen molar-refractivity contribution in [1.29, 1.82) is 0 Å². The minimum absolute atomic E-state index is 0.126. The van der Waals surface area contributed by atoms with Gasteiger partial charge in [0, 0.05) is 23.1 Å². The molecule has 1 aliphatic heterocycles. The molecule has 1 N–H and O–H groups in total. The number of thiazole rings is 1. The molecular weight excluding hydrogens is 426 g/mol. The van der Waals surface area contributed by atoms with Crippen LogP contribution in [0.1, 0.15) is 44.4 Å². The SMILES string of the molecule is C=CCN1C(=O)c2ccc(C(=O)Nc3nc(-c4ccc(OCCC)cc4)cs3)cc2C1=O. The summed E-state index contributed by atoms with van der Waals surface area (Å²) in [7, 11) is 0. The van der Waals surface area contributed by atoms with Crippen LogP contribution in [0.3, 0.4) is 0 Å². The molecule has 0 saturated heterocycles. The highest BCUT2D eigenvalue weighted by molar-refractivity contribution is 7.14. The number of aromatic nitrogens is 1. The van der Waals surface area contributed by atoms with Gasteiger partial charge in [0.1, 0.15) is 5.75 Å². The number of nitrogens with one attached hydrogen (secondary N) is 1. The van der Waals surface area contributed by atoms with Crippen molar-refractivity contribution in [3.63, 3.8) is 0 Å². The highest BCUT2D eigenvalue weighted by Crippen LogP contribution is 2.28. The number of benzene rings is 2. The van der Waals surface area contributed by atoms with Crippen LogP contribution < -0.4 is 10.1 Å². The van der Waals surface area contributed by atoms with E-state index < -0.39 is 11.8 Å². The third-order valence-corrected chi connectivity index (χ3v) is 5.65. The number of imide groups is 1. The minimum atomic E-state index is -0.428. The molecule has 1 aliphatic rings. The lowest BCUT2D eigenvalue weighted by molar-refractivity contribution is 0.0672. The zero-order chi connectivity index (χ0) is 22.7. The fourth-order valence-electron chi connectivity index (χ4n) is 3.30. The Morgan fingerprint density at radius 1 is 1.16 bits per heavy atom. The number of amides is 3. The van der Waals surface area contributed by atoms with Crippen LogP contribution in [0.5, 0.6) is 5.75 Å². The lowest BCUT2D eigenvalue weighted by Gasteiger charge is -2.09. The summed E-state index contributed by atoms with van der Waals surface area (Å²) in [5.74, 6) is -0.412. The Labute approximate surface area is 189 Å². The molecular formula is C24H21N3O4S. The summed E-state index contributed by atoms with van der Waals surface area (Å²) in [4.78, 5) is 43.1. The van der Waals surface area contributed by atoms with E-state index in [1.807, 2.05) is 29.6 Å². The van der Waals surface area contributed by atoms with Crippen LogP contribution in [-0.4, -0.2) is 40.8 Å². The van der Waals surface area contributed by atoms with Crippen LogP contribution in [-0.2, 0) is 0 Å². The molecule has 0 saturated carbocycles. The van der Waals surface area contributed by atoms with E-state index in [0.717, 1.165) is 28.3 Å². The van der Waals surface area contributed by atoms with E-state index in [-0.39, 0.29) is 29.1 Å². The Hall–Kier alpha value is -3.78. The van der Waals surface area contributed by atoms with Gasteiger partial charge in [-0.2, -0.15) is 0 Å². The molecule has 7 nitrogen and oxygen atoms in total. The standard InChI is InChI=1S/C24H21N3O4S/c1-3-11-27-22(29)18-10-7-16(13-19(18)23(27)30)21(28)26-24-25-20(14-32-24)15-5-8-17(9-6-15)31-12-4-2/h3,5-10,13-14H,1,4,11-12H2,2H3,(H,25,26,28). The molecule has 0 spiro atoms. The Morgan fingerprint density at radius 2 is 1.91 bits per heavy atom. The average Bonchev–Trinajstić information content (AvgIpc) is 3.37. The molecule has 2 aromatic carbocycles. The number of hydrogen-bond donors (Lipinski definition) is 1. The number of hydrogen-bond acceptors (Lipinski definition) is 6. The fourth-order valence-corrected chi connectivity index (χ4v) is 4.02. The van der Waals surface area contributed by atoms with Crippen LogP contribution >= 0.6 is 11.3 Å². The predicted octanol–water partition coefficient (Wildman–Crippen LogP) is 4.63. The first kappa shape index (κ1) is 21.5. The molecule has 0 atom stereocenters. The highest BCUT2D eigenvalue weighted by atomic mass is 32.1. The first-order valence-corrected chi connectivity index (χ1v) is 11.0. The van der Waals surface area contributed by atoms with Gasteiger partial charge in [-0.3, -0.25) is 24.6 Å². The summed E-state index contributed by atoms with van der Waals surface area (Å²) in [6, 6.07) is 12.1. The summed E-state index contributed by atoms with van der Waals surface area (Å²) in [5, 5.41) is 5.05. The van der Waals surface area contributed by atoms with Gasteiger partial charge in [0.25, 0.3) is 17.7 Å². The first-order valence-electron chi connectivity index (χ1n) is 10.1. The van der Waals surface area contributed by atoms with Gasteiger partial charge in [-0.05, 0) is 48.9 Å². The van der Waals surface area contributed by atoms with Gasteiger partial charge in [-0.25, -0.2) is 4.98 Å². The molecule has 32 heavy (non-hydrogen) atoms. The number of carbonyl (C=O) groups is 3. The molecule has 4 rings (SSSR count). The van der Waals surface area contributed by atoms with E-state index in [4.69, 9.17) is 4.74 Å². The smallest absolute Gasteiger partial charge is 0.261 e. The third-order valence-electron chi connectivity index (χ3n) is 4.89. The van der Waals surface area contributed by atoms with Crippen LogP contribution in [0.2, 0.25) is 0 Å². The zero-order valence-corrected chi connectivity index (χ0v) is 18.3. The summed E-state index contributed by atoms with van der Waals surface area (Å²) in [6.07, 6.45) is 2.43. The predicted molar refractivity (Wildman–Crippen MR) is 123 cm³/mol. The normalized spacial score (nSPS) is 12.6. The number of carbonyl (C=O) groups excluding carboxylic acids is 3. The third kappa shape index (κ3) is 4.17. The van der Waals surface area contributed by atoms with Gasteiger partial charge in [0.05, 0.1) is 23.4 Å². The van der Waals surface area contributed by atoms with Gasteiger partial charge >= 0.3 is 0 Å². The highest BCUT2D eigenvalue weighted by Gasteiger charge is 2.35.